The molecule has 4 nitrogen and oxygen atoms in total. The number of carbonyl (C=O) groups is 1. The Labute approximate surface area is 125 Å². The second-order valence-corrected chi connectivity index (χ2v) is 5.01. The van der Waals surface area contributed by atoms with E-state index in [-0.39, 0.29) is 12.3 Å². The largest absolute Gasteiger partial charge is 0.307 e. The zero-order chi connectivity index (χ0) is 14.4. The Balaban J connectivity index is 2.32. The lowest BCUT2D eigenvalue weighted by Gasteiger charge is -2.21. The van der Waals surface area contributed by atoms with Crippen LogP contribution in [0.3, 0.4) is 0 Å². The van der Waals surface area contributed by atoms with Gasteiger partial charge in [-0.25, -0.2) is 0 Å². The highest BCUT2D eigenvalue weighted by Gasteiger charge is 2.17. The van der Waals surface area contributed by atoms with Crippen molar-refractivity contribution < 1.29 is 4.79 Å². The van der Waals surface area contributed by atoms with Crippen LogP contribution in [-0.4, -0.2) is 17.4 Å². The summed E-state index contributed by atoms with van der Waals surface area (Å²) in [5.74, 6) is -0.166. The van der Waals surface area contributed by atoms with Crippen LogP contribution in [0, 0.1) is 11.3 Å². The quantitative estimate of drug-likeness (QED) is 0.863. The van der Waals surface area contributed by atoms with Gasteiger partial charge in [0, 0.05) is 29.1 Å². The summed E-state index contributed by atoms with van der Waals surface area (Å²) >= 11 is 3.30. The molecule has 0 saturated heterocycles. The number of amides is 1. The average molecular weight is 330 g/mol. The average Bonchev–Trinajstić information content (AvgIpc) is 2.48. The van der Waals surface area contributed by atoms with Crippen molar-refractivity contribution >= 4 is 27.5 Å². The molecule has 0 spiro atoms. The number of carbonyl (C=O) groups excluding carboxylic acids is 1. The Morgan fingerprint density at radius 3 is 2.70 bits per heavy atom. The van der Waals surface area contributed by atoms with Gasteiger partial charge in [-0.3, -0.25) is 9.78 Å². The molecule has 1 aromatic heterocycles. The SMILES string of the molecule is N#CCCN(C(=O)c1cncc(Br)c1)c1ccccc1. The zero-order valence-electron chi connectivity index (χ0n) is 10.7. The molecule has 5 heteroatoms. The van der Waals surface area contributed by atoms with E-state index in [0.29, 0.717) is 12.1 Å². The maximum Gasteiger partial charge on any atom is 0.259 e. The van der Waals surface area contributed by atoms with E-state index < -0.39 is 0 Å². The molecule has 20 heavy (non-hydrogen) atoms. The number of hydrogen-bond acceptors (Lipinski definition) is 3. The van der Waals surface area contributed by atoms with E-state index in [0.717, 1.165) is 10.2 Å². The van der Waals surface area contributed by atoms with Crippen molar-refractivity contribution in [2.75, 3.05) is 11.4 Å². The third-order valence-electron chi connectivity index (χ3n) is 2.71. The smallest absolute Gasteiger partial charge is 0.259 e. The van der Waals surface area contributed by atoms with Gasteiger partial charge in [0.1, 0.15) is 0 Å². The molecule has 0 N–H and O–H groups in total. The van der Waals surface area contributed by atoms with Crippen LogP contribution in [0.25, 0.3) is 0 Å². The van der Waals surface area contributed by atoms with E-state index in [1.165, 1.54) is 6.20 Å². The van der Waals surface area contributed by atoms with Crippen molar-refractivity contribution in [1.29, 1.82) is 5.26 Å². The predicted octanol–water partition coefficient (Wildman–Crippen LogP) is 3.40. The van der Waals surface area contributed by atoms with Gasteiger partial charge in [0.2, 0.25) is 0 Å². The molecule has 0 aliphatic carbocycles. The second-order valence-electron chi connectivity index (χ2n) is 4.09. The zero-order valence-corrected chi connectivity index (χ0v) is 12.2. The molecule has 0 radical (unpaired) electrons. The number of pyridine rings is 1. The first kappa shape index (κ1) is 14.2. The van der Waals surface area contributed by atoms with Crippen LogP contribution in [-0.2, 0) is 0 Å². The fraction of sp³-hybridized carbons (Fsp3) is 0.133. The molecule has 1 heterocycles. The minimum absolute atomic E-state index is 0.166. The molecule has 0 unspecified atom stereocenters. The molecule has 0 aliphatic heterocycles. The summed E-state index contributed by atoms with van der Waals surface area (Å²) in [5.41, 5.74) is 1.26. The molecule has 0 bridgehead atoms. The van der Waals surface area contributed by atoms with Gasteiger partial charge in [-0.15, -0.1) is 0 Å². The van der Waals surface area contributed by atoms with E-state index in [1.807, 2.05) is 30.3 Å². The van der Waals surface area contributed by atoms with E-state index >= 15 is 0 Å². The van der Waals surface area contributed by atoms with Crippen LogP contribution < -0.4 is 4.90 Å². The van der Waals surface area contributed by atoms with Crippen molar-refractivity contribution in [2.24, 2.45) is 0 Å². The summed E-state index contributed by atoms with van der Waals surface area (Å²) in [6.07, 6.45) is 3.43. The Kier molecular flexibility index (Phi) is 4.85. The highest BCUT2D eigenvalue weighted by atomic mass is 79.9. The third-order valence-corrected chi connectivity index (χ3v) is 3.15. The van der Waals surface area contributed by atoms with Crippen LogP contribution in [0.5, 0.6) is 0 Å². The minimum Gasteiger partial charge on any atom is -0.307 e. The summed E-state index contributed by atoms with van der Waals surface area (Å²) < 4.78 is 0.747. The van der Waals surface area contributed by atoms with Crippen molar-refractivity contribution in [2.45, 2.75) is 6.42 Å². The summed E-state index contributed by atoms with van der Waals surface area (Å²) in [4.78, 5) is 18.2. The van der Waals surface area contributed by atoms with Gasteiger partial charge in [0.05, 0.1) is 18.1 Å². The first-order valence-electron chi connectivity index (χ1n) is 6.07. The van der Waals surface area contributed by atoms with Gasteiger partial charge in [-0.05, 0) is 34.1 Å². The minimum atomic E-state index is -0.166. The molecule has 2 aromatic rings. The lowest BCUT2D eigenvalue weighted by atomic mass is 10.2. The molecular weight excluding hydrogens is 318 g/mol. The monoisotopic (exact) mass is 329 g/mol. The molecule has 2 rings (SSSR count). The molecule has 0 fully saturated rings. The number of para-hydroxylation sites is 1. The Morgan fingerprint density at radius 1 is 1.30 bits per heavy atom. The van der Waals surface area contributed by atoms with Gasteiger partial charge in [0.15, 0.2) is 0 Å². The van der Waals surface area contributed by atoms with Gasteiger partial charge in [0.25, 0.3) is 5.91 Å². The van der Waals surface area contributed by atoms with E-state index in [1.54, 1.807) is 17.2 Å². The molecule has 0 atom stereocenters. The highest BCUT2D eigenvalue weighted by Crippen LogP contribution is 2.18. The first-order chi connectivity index (χ1) is 9.72. The van der Waals surface area contributed by atoms with Crippen molar-refractivity contribution in [3.05, 3.63) is 58.8 Å². The van der Waals surface area contributed by atoms with E-state index in [2.05, 4.69) is 27.0 Å². The second kappa shape index (κ2) is 6.83. The summed E-state index contributed by atoms with van der Waals surface area (Å²) in [7, 11) is 0. The van der Waals surface area contributed by atoms with Gasteiger partial charge in [-0.1, -0.05) is 18.2 Å². The lowest BCUT2D eigenvalue weighted by molar-refractivity contribution is 0.0987. The highest BCUT2D eigenvalue weighted by molar-refractivity contribution is 9.10. The van der Waals surface area contributed by atoms with Crippen molar-refractivity contribution in [3.63, 3.8) is 0 Å². The maximum atomic E-state index is 12.6. The van der Waals surface area contributed by atoms with Gasteiger partial charge in [-0.2, -0.15) is 5.26 Å². The van der Waals surface area contributed by atoms with Gasteiger partial charge < -0.3 is 4.90 Å². The summed E-state index contributed by atoms with van der Waals surface area (Å²) in [5, 5.41) is 8.75. The predicted molar refractivity (Wildman–Crippen MR) is 80.3 cm³/mol. The van der Waals surface area contributed by atoms with Crippen LogP contribution in [0.4, 0.5) is 5.69 Å². The number of benzene rings is 1. The topological polar surface area (TPSA) is 57.0 Å². The summed E-state index contributed by atoms with van der Waals surface area (Å²) in [6, 6.07) is 13.1. The van der Waals surface area contributed by atoms with E-state index in [4.69, 9.17) is 5.26 Å². The lowest BCUT2D eigenvalue weighted by Crippen LogP contribution is -2.31. The Bertz CT molecular complexity index is 637. The maximum absolute atomic E-state index is 12.6. The van der Waals surface area contributed by atoms with Crippen LogP contribution in [0.1, 0.15) is 16.8 Å². The molecule has 100 valence electrons. The summed E-state index contributed by atoms with van der Waals surface area (Å²) in [6.45, 7) is 0.353. The fourth-order valence-electron chi connectivity index (χ4n) is 1.80. The normalized spacial score (nSPS) is 9.80. The van der Waals surface area contributed by atoms with Crippen LogP contribution >= 0.6 is 15.9 Å². The van der Waals surface area contributed by atoms with E-state index in [9.17, 15) is 4.79 Å². The Hall–Kier alpha value is -2.19. The van der Waals surface area contributed by atoms with Crippen molar-refractivity contribution in [1.82, 2.24) is 4.98 Å². The number of aromatic nitrogens is 1. The number of hydrogen-bond donors (Lipinski definition) is 0. The standard InChI is InChI=1S/C15H12BrN3O/c16-13-9-12(10-18-11-13)15(20)19(8-4-7-17)14-5-2-1-3-6-14/h1-3,5-6,9-11H,4,8H2. The van der Waals surface area contributed by atoms with Gasteiger partial charge >= 0.3 is 0 Å². The number of nitriles is 1. The number of halogens is 1. The van der Waals surface area contributed by atoms with Crippen LogP contribution in [0.2, 0.25) is 0 Å². The molecule has 0 saturated carbocycles. The molecular formula is C15H12BrN3O. The fourth-order valence-corrected chi connectivity index (χ4v) is 2.17. The first-order valence-corrected chi connectivity index (χ1v) is 6.86. The molecule has 1 amide bonds. The van der Waals surface area contributed by atoms with Crippen molar-refractivity contribution in [3.8, 4) is 6.07 Å². The number of rotatable bonds is 4. The molecule has 1 aromatic carbocycles. The number of anilines is 1. The molecule has 0 aliphatic rings. The Morgan fingerprint density at radius 2 is 2.05 bits per heavy atom. The third kappa shape index (κ3) is 3.43. The number of nitrogens with zero attached hydrogens (tertiary/aromatic N) is 3. The van der Waals surface area contributed by atoms with Crippen LogP contribution in [0.15, 0.2) is 53.3 Å².